The molecule has 0 spiro atoms. The van der Waals surface area contributed by atoms with Crippen LogP contribution < -0.4 is 10.6 Å². The van der Waals surface area contributed by atoms with Crippen molar-refractivity contribution in [3.63, 3.8) is 0 Å². The van der Waals surface area contributed by atoms with E-state index >= 15 is 0 Å². The number of Topliss-reactive ketones (excluding diaryl/α,β-unsaturated/α-hetero) is 1. The van der Waals surface area contributed by atoms with Gasteiger partial charge in [0.25, 0.3) is 0 Å². The number of nitriles is 1. The molecule has 0 saturated heterocycles. The fraction of sp³-hybridized carbons (Fsp3) is 0.370. The number of carbonyl (C=O) groups excluding carboxylic acids is 1. The summed E-state index contributed by atoms with van der Waals surface area (Å²) in [5, 5.41) is 18.2. The lowest BCUT2D eigenvalue weighted by atomic mass is 9.98. The lowest BCUT2D eigenvalue weighted by molar-refractivity contribution is 0.0935. The summed E-state index contributed by atoms with van der Waals surface area (Å²) in [6, 6.07) is 9.57. The summed E-state index contributed by atoms with van der Waals surface area (Å²) in [6.45, 7) is 2.23. The molecule has 1 N–H and O–H groups in total. The number of fused-ring (bicyclic) bond motifs is 2. The van der Waals surface area contributed by atoms with Crippen LogP contribution in [0, 0.1) is 16.7 Å². The molecule has 32 heavy (non-hydrogen) atoms. The Kier molecular flexibility index (Phi) is 6.82. The van der Waals surface area contributed by atoms with E-state index in [2.05, 4.69) is 12.1 Å². The molecule has 0 aliphatic heterocycles. The maximum absolute atomic E-state index is 11.5. The van der Waals surface area contributed by atoms with Crippen LogP contribution in [0.4, 0.5) is 0 Å². The number of furan rings is 1. The summed E-state index contributed by atoms with van der Waals surface area (Å²) >= 11 is 0. The number of nitrogens with zero attached hydrogens (tertiary/aromatic N) is 1. The highest BCUT2D eigenvalue weighted by Gasteiger charge is 2.18. The number of unbranched alkanes of at least 4 members (excludes halogenated alkanes) is 4. The summed E-state index contributed by atoms with van der Waals surface area (Å²) in [5.74, 6) is 0.347. The van der Waals surface area contributed by atoms with E-state index in [-0.39, 0.29) is 11.9 Å². The maximum atomic E-state index is 11.5. The highest BCUT2D eigenvalue weighted by Crippen LogP contribution is 2.32. The van der Waals surface area contributed by atoms with Crippen molar-refractivity contribution < 1.29 is 13.9 Å². The lowest BCUT2D eigenvalue weighted by Crippen LogP contribution is -2.28. The number of benzene rings is 1. The largest absolute Gasteiger partial charge is 0.453 e. The molecule has 0 amide bonds. The Morgan fingerprint density at radius 1 is 1.19 bits per heavy atom. The Bertz CT molecular complexity index is 1230. The summed E-state index contributed by atoms with van der Waals surface area (Å²) < 4.78 is 11.6. The topological polar surface area (TPSA) is 87.1 Å². The van der Waals surface area contributed by atoms with Crippen molar-refractivity contribution in [1.29, 1.82) is 10.7 Å². The standard InChI is InChI=1S/C27H28N2O3/c1-18(30)26-15-21-9-10-22(16-27(21)32-26)31-12-6-4-2-3-5-7-20-14-25(29)23-11-8-19(17-28)13-24(20)23/h8-9,11,13-16,22,29H,2-7,10,12H2,1H3. The zero-order chi connectivity index (χ0) is 22.5. The van der Waals surface area contributed by atoms with Crippen molar-refractivity contribution in [2.75, 3.05) is 6.61 Å². The summed E-state index contributed by atoms with van der Waals surface area (Å²) in [4.78, 5) is 11.5. The van der Waals surface area contributed by atoms with E-state index in [9.17, 15) is 4.79 Å². The van der Waals surface area contributed by atoms with Crippen molar-refractivity contribution in [2.45, 2.75) is 58.0 Å². The van der Waals surface area contributed by atoms with Crippen LogP contribution in [0.25, 0.3) is 17.7 Å². The number of allylic oxidation sites excluding steroid dienone is 2. The fourth-order valence-electron chi connectivity index (χ4n) is 4.31. The van der Waals surface area contributed by atoms with Crippen LogP contribution in [0.1, 0.15) is 79.1 Å². The van der Waals surface area contributed by atoms with Crippen LogP contribution in [-0.2, 0) is 4.74 Å². The van der Waals surface area contributed by atoms with Gasteiger partial charge in [-0.05, 0) is 67.2 Å². The molecular weight excluding hydrogens is 400 g/mol. The second-order valence-electron chi connectivity index (χ2n) is 8.48. The van der Waals surface area contributed by atoms with Crippen LogP contribution in [0.2, 0.25) is 0 Å². The van der Waals surface area contributed by atoms with Gasteiger partial charge in [0, 0.05) is 24.3 Å². The Labute approximate surface area is 188 Å². The van der Waals surface area contributed by atoms with E-state index < -0.39 is 0 Å². The molecule has 2 aromatic rings. The molecule has 0 bridgehead atoms. The molecule has 0 fully saturated rings. The minimum atomic E-state index is -0.0581. The summed E-state index contributed by atoms with van der Waals surface area (Å²) in [5.41, 5.74) is 5.11. The molecule has 2 aliphatic carbocycles. The molecule has 1 atom stereocenters. The van der Waals surface area contributed by atoms with E-state index in [4.69, 9.17) is 19.8 Å². The fourth-order valence-corrected chi connectivity index (χ4v) is 4.31. The van der Waals surface area contributed by atoms with Gasteiger partial charge in [0.05, 0.1) is 23.4 Å². The molecule has 1 aromatic heterocycles. The van der Waals surface area contributed by atoms with Gasteiger partial charge in [0.1, 0.15) is 5.42 Å². The van der Waals surface area contributed by atoms with Crippen LogP contribution in [0.15, 0.2) is 34.8 Å². The van der Waals surface area contributed by atoms with Gasteiger partial charge >= 0.3 is 0 Å². The first kappa shape index (κ1) is 22.0. The first-order valence-electron chi connectivity index (χ1n) is 11.3. The Hall–Kier alpha value is -3.23. The number of rotatable bonds is 10. The van der Waals surface area contributed by atoms with Gasteiger partial charge < -0.3 is 14.6 Å². The molecule has 0 radical (unpaired) electrons. The predicted molar refractivity (Wildman–Crippen MR) is 125 cm³/mol. The second-order valence-corrected chi connectivity index (χ2v) is 8.48. The molecule has 2 aliphatic rings. The molecular formula is C27H28N2O3. The predicted octanol–water partition coefficient (Wildman–Crippen LogP) is 4.51. The van der Waals surface area contributed by atoms with Crippen molar-refractivity contribution in [3.05, 3.63) is 63.4 Å². The first-order valence-corrected chi connectivity index (χ1v) is 11.3. The van der Waals surface area contributed by atoms with Gasteiger partial charge in [-0.1, -0.05) is 31.4 Å². The third-order valence-electron chi connectivity index (χ3n) is 6.07. The smallest absolute Gasteiger partial charge is 0.194 e. The zero-order valence-corrected chi connectivity index (χ0v) is 18.4. The lowest BCUT2D eigenvalue weighted by Gasteiger charge is -2.13. The SMILES string of the molecule is CC(=O)c1cc2c(o1)=CC(OCCCCCCCC1=CC(=N)c3ccc(C#N)cc31)CC=2. The molecule has 4 rings (SSSR count). The van der Waals surface area contributed by atoms with Crippen LogP contribution >= 0.6 is 0 Å². The average molecular weight is 429 g/mol. The average Bonchev–Trinajstić information content (AvgIpc) is 3.36. The van der Waals surface area contributed by atoms with Crippen LogP contribution in [0.3, 0.4) is 0 Å². The highest BCUT2D eigenvalue weighted by molar-refractivity contribution is 6.18. The number of carbonyl (C=O) groups is 1. The van der Waals surface area contributed by atoms with E-state index in [0.717, 1.165) is 73.3 Å². The monoisotopic (exact) mass is 428 g/mol. The van der Waals surface area contributed by atoms with Gasteiger partial charge in [0.2, 0.25) is 0 Å². The first-order chi connectivity index (χ1) is 15.5. The molecule has 5 heteroatoms. The number of ketones is 1. The maximum Gasteiger partial charge on any atom is 0.194 e. The summed E-state index contributed by atoms with van der Waals surface area (Å²) in [6.07, 6.45) is 13.3. The van der Waals surface area contributed by atoms with E-state index in [1.54, 1.807) is 12.1 Å². The van der Waals surface area contributed by atoms with E-state index in [1.165, 1.54) is 12.5 Å². The van der Waals surface area contributed by atoms with Crippen molar-refractivity contribution >= 4 is 29.2 Å². The normalized spacial score (nSPS) is 16.4. The van der Waals surface area contributed by atoms with Gasteiger partial charge in [-0.15, -0.1) is 0 Å². The Morgan fingerprint density at radius 3 is 2.81 bits per heavy atom. The van der Waals surface area contributed by atoms with E-state index in [0.29, 0.717) is 17.0 Å². The number of nitrogens with one attached hydrogen (secondary N) is 1. The zero-order valence-electron chi connectivity index (χ0n) is 18.4. The van der Waals surface area contributed by atoms with Crippen LogP contribution in [0.5, 0.6) is 0 Å². The van der Waals surface area contributed by atoms with Crippen LogP contribution in [-0.4, -0.2) is 24.2 Å². The second kappa shape index (κ2) is 9.93. The van der Waals surface area contributed by atoms with Crippen molar-refractivity contribution in [3.8, 4) is 6.07 Å². The minimum Gasteiger partial charge on any atom is -0.453 e. The van der Waals surface area contributed by atoms with Crippen molar-refractivity contribution in [1.82, 2.24) is 0 Å². The third kappa shape index (κ3) is 4.98. The highest BCUT2D eigenvalue weighted by atomic mass is 16.5. The molecule has 1 unspecified atom stereocenters. The van der Waals surface area contributed by atoms with E-state index in [1.807, 2.05) is 24.3 Å². The molecule has 1 aromatic carbocycles. The quantitative estimate of drug-likeness (QED) is 0.446. The minimum absolute atomic E-state index is 0.0106. The Morgan fingerprint density at radius 2 is 2.00 bits per heavy atom. The summed E-state index contributed by atoms with van der Waals surface area (Å²) in [7, 11) is 0. The van der Waals surface area contributed by atoms with Gasteiger partial charge in [-0.3, -0.25) is 4.79 Å². The Balaban J connectivity index is 1.14. The number of hydrogen-bond acceptors (Lipinski definition) is 5. The molecule has 0 saturated carbocycles. The van der Waals surface area contributed by atoms with Crippen molar-refractivity contribution in [2.24, 2.45) is 0 Å². The third-order valence-corrected chi connectivity index (χ3v) is 6.07. The van der Waals surface area contributed by atoms with Gasteiger partial charge in [-0.2, -0.15) is 5.26 Å². The van der Waals surface area contributed by atoms with Gasteiger partial charge in [0.15, 0.2) is 11.5 Å². The molecule has 164 valence electrons. The van der Waals surface area contributed by atoms with Gasteiger partial charge in [-0.25, -0.2) is 0 Å². The number of hydrogen-bond donors (Lipinski definition) is 1. The molecule has 5 nitrogen and oxygen atoms in total. The molecule has 1 heterocycles. The number of ether oxygens (including phenoxy) is 1.